The summed E-state index contributed by atoms with van der Waals surface area (Å²) in [5, 5.41) is 13.3. The van der Waals surface area contributed by atoms with Crippen molar-refractivity contribution in [2.75, 3.05) is 5.32 Å². The summed E-state index contributed by atoms with van der Waals surface area (Å²) in [5.41, 5.74) is 0.485. The number of anilines is 1. The highest BCUT2D eigenvalue weighted by atomic mass is 32.1. The van der Waals surface area contributed by atoms with Gasteiger partial charge in [0.25, 0.3) is 5.91 Å². The Labute approximate surface area is 138 Å². The third kappa shape index (κ3) is 3.00. The van der Waals surface area contributed by atoms with Crippen LogP contribution in [0.3, 0.4) is 0 Å². The largest absolute Gasteiger partial charge is 0.434 e. The van der Waals surface area contributed by atoms with Crippen LogP contribution in [0.2, 0.25) is 0 Å². The molecule has 1 amide bonds. The van der Waals surface area contributed by atoms with Crippen LogP contribution in [0, 0.1) is 6.92 Å². The Balaban J connectivity index is 2.08. The molecule has 0 saturated heterocycles. The molecule has 2 heterocycles. The van der Waals surface area contributed by atoms with E-state index in [0.717, 1.165) is 22.2 Å². The number of aromatic nitrogens is 4. The smallest absolute Gasteiger partial charge is 0.296 e. The summed E-state index contributed by atoms with van der Waals surface area (Å²) >= 11 is 1.00. The van der Waals surface area contributed by atoms with Crippen LogP contribution in [0.5, 0.6) is 0 Å². The standard InChI is InChI=1S/C14H10F3N5OS/c1-8-4-2-3-5-10(8)22-11(14(15,16)17)9(6-19-22)12(23)20-13-21-18-7-24-13/h2-7H,1H3,(H,20,21,23). The molecule has 6 nitrogen and oxygen atoms in total. The quantitative estimate of drug-likeness (QED) is 0.784. The fourth-order valence-electron chi connectivity index (χ4n) is 2.16. The summed E-state index contributed by atoms with van der Waals surface area (Å²) in [6, 6.07) is 6.48. The van der Waals surface area contributed by atoms with Gasteiger partial charge in [0.15, 0.2) is 5.69 Å². The molecule has 0 bridgehead atoms. The van der Waals surface area contributed by atoms with Crippen molar-refractivity contribution in [3.63, 3.8) is 0 Å². The molecule has 0 spiro atoms. The number of alkyl halides is 3. The van der Waals surface area contributed by atoms with E-state index in [1.54, 1.807) is 25.1 Å². The summed E-state index contributed by atoms with van der Waals surface area (Å²) in [6.45, 7) is 1.66. The number of nitrogens with zero attached hydrogens (tertiary/aromatic N) is 4. The average Bonchev–Trinajstić information content (AvgIpc) is 3.15. The van der Waals surface area contributed by atoms with Crippen LogP contribution in [0.4, 0.5) is 18.3 Å². The van der Waals surface area contributed by atoms with Crippen LogP contribution in [0.15, 0.2) is 36.0 Å². The molecule has 124 valence electrons. The molecule has 0 fully saturated rings. The first-order chi connectivity index (χ1) is 11.4. The lowest BCUT2D eigenvalue weighted by Crippen LogP contribution is -2.21. The molecule has 0 unspecified atom stereocenters. The highest BCUT2D eigenvalue weighted by molar-refractivity contribution is 7.13. The lowest BCUT2D eigenvalue weighted by Gasteiger charge is -2.13. The van der Waals surface area contributed by atoms with Gasteiger partial charge in [-0.3, -0.25) is 10.1 Å². The zero-order chi connectivity index (χ0) is 17.3. The lowest BCUT2D eigenvalue weighted by atomic mass is 10.2. The van der Waals surface area contributed by atoms with Gasteiger partial charge >= 0.3 is 6.18 Å². The maximum atomic E-state index is 13.5. The Morgan fingerprint density at radius 3 is 2.67 bits per heavy atom. The second-order valence-electron chi connectivity index (χ2n) is 4.80. The number of aryl methyl sites for hydroxylation is 1. The Morgan fingerprint density at radius 1 is 1.29 bits per heavy atom. The monoisotopic (exact) mass is 353 g/mol. The van der Waals surface area contributed by atoms with Crippen LogP contribution in [-0.2, 0) is 6.18 Å². The van der Waals surface area contributed by atoms with Gasteiger partial charge in [0.05, 0.1) is 17.4 Å². The molecule has 10 heteroatoms. The fourth-order valence-corrected chi connectivity index (χ4v) is 2.60. The van der Waals surface area contributed by atoms with Gasteiger partial charge in [0, 0.05) is 0 Å². The third-order valence-corrected chi connectivity index (χ3v) is 3.81. The van der Waals surface area contributed by atoms with Crippen LogP contribution >= 0.6 is 11.3 Å². The molecule has 0 atom stereocenters. The van der Waals surface area contributed by atoms with Crippen LogP contribution in [0.25, 0.3) is 5.69 Å². The minimum atomic E-state index is -4.76. The van der Waals surface area contributed by atoms with Crippen LogP contribution in [0.1, 0.15) is 21.6 Å². The van der Waals surface area contributed by atoms with Crippen LogP contribution in [-0.4, -0.2) is 25.9 Å². The molecule has 2 aromatic heterocycles. The number of carbonyl (C=O) groups excluding carboxylic acids is 1. The Morgan fingerprint density at radius 2 is 2.04 bits per heavy atom. The Bertz CT molecular complexity index is 873. The van der Waals surface area contributed by atoms with Gasteiger partial charge in [0.1, 0.15) is 5.51 Å². The molecular formula is C14H10F3N5OS. The number of hydrogen-bond acceptors (Lipinski definition) is 5. The van der Waals surface area contributed by atoms with E-state index in [-0.39, 0.29) is 10.8 Å². The predicted octanol–water partition coefficient (Wildman–Crippen LogP) is 3.30. The van der Waals surface area contributed by atoms with E-state index in [1.807, 2.05) is 0 Å². The number of nitrogens with one attached hydrogen (secondary N) is 1. The van der Waals surface area contributed by atoms with Gasteiger partial charge < -0.3 is 0 Å². The number of para-hydroxylation sites is 1. The van der Waals surface area contributed by atoms with Crippen molar-refractivity contribution >= 4 is 22.4 Å². The van der Waals surface area contributed by atoms with E-state index < -0.39 is 23.3 Å². The molecule has 0 radical (unpaired) electrons. The number of rotatable bonds is 3. The summed E-state index contributed by atoms with van der Waals surface area (Å²) in [5.74, 6) is -0.945. The highest BCUT2D eigenvalue weighted by Crippen LogP contribution is 2.34. The normalized spacial score (nSPS) is 11.5. The molecule has 1 N–H and O–H groups in total. The molecule has 3 rings (SSSR count). The van der Waals surface area contributed by atoms with Crippen LogP contribution < -0.4 is 5.32 Å². The average molecular weight is 353 g/mol. The molecule has 0 saturated carbocycles. The van der Waals surface area contributed by atoms with Crippen molar-refractivity contribution in [3.05, 3.63) is 52.8 Å². The Hall–Kier alpha value is -2.75. The third-order valence-electron chi connectivity index (χ3n) is 3.21. The zero-order valence-corrected chi connectivity index (χ0v) is 13.0. The summed E-state index contributed by atoms with van der Waals surface area (Å²) in [7, 11) is 0. The second-order valence-corrected chi connectivity index (χ2v) is 5.63. The first-order valence-corrected chi connectivity index (χ1v) is 7.54. The topological polar surface area (TPSA) is 72.7 Å². The van der Waals surface area contributed by atoms with Gasteiger partial charge in [-0.15, -0.1) is 10.2 Å². The van der Waals surface area contributed by atoms with Gasteiger partial charge in [-0.1, -0.05) is 29.5 Å². The van der Waals surface area contributed by atoms with Gasteiger partial charge in [-0.05, 0) is 18.6 Å². The van der Waals surface area contributed by atoms with Crippen molar-refractivity contribution < 1.29 is 18.0 Å². The summed E-state index contributed by atoms with van der Waals surface area (Å²) in [4.78, 5) is 12.2. The van der Waals surface area contributed by atoms with E-state index in [0.29, 0.717) is 5.56 Å². The van der Waals surface area contributed by atoms with Crippen molar-refractivity contribution in [3.8, 4) is 5.69 Å². The first-order valence-electron chi connectivity index (χ1n) is 6.66. The van der Waals surface area contributed by atoms with Gasteiger partial charge in [-0.25, -0.2) is 4.68 Å². The van der Waals surface area contributed by atoms with E-state index >= 15 is 0 Å². The van der Waals surface area contributed by atoms with E-state index in [2.05, 4.69) is 20.6 Å². The van der Waals surface area contributed by atoms with Gasteiger partial charge in [-0.2, -0.15) is 18.3 Å². The fraction of sp³-hybridized carbons (Fsp3) is 0.143. The number of carbonyl (C=O) groups is 1. The minimum Gasteiger partial charge on any atom is -0.296 e. The minimum absolute atomic E-state index is 0.108. The van der Waals surface area contributed by atoms with E-state index in [4.69, 9.17) is 0 Å². The van der Waals surface area contributed by atoms with E-state index in [1.165, 1.54) is 11.6 Å². The van der Waals surface area contributed by atoms with E-state index in [9.17, 15) is 18.0 Å². The molecule has 24 heavy (non-hydrogen) atoms. The number of halogens is 3. The summed E-state index contributed by atoms with van der Waals surface area (Å²) < 4.78 is 41.3. The first kappa shape index (κ1) is 16.1. The van der Waals surface area contributed by atoms with Gasteiger partial charge in [0.2, 0.25) is 5.13 Å². The Kier molecular flexibility index (Phi) is 4.06. The molecule has 1 aromatic carbocycles. The van der Waals surface area contributed by atoms with Crippen molar-refractivity contribution in [1.29, 1.82) is 0 Å². The molecule has 3 aromatic rings. The maximum absolute atomic E-state index is 13.5. The molecule has 0 aliphatic heterocycles. The predicted molar refractivity (Wildman–Crippen MR) is 81.2 cm³/mol. The highest BCUT2D eigenvalue weighted by Gasteiger charge is 2.40. The molecule has 0 aliphatic rings. The summed E-state index contributed by atoms with van der Waals surface area (Å²) in [6.07, 6.45) is -3.86. The van der Waals surface area contributed by atoms with Crippen molar-refractivity contribution in [2.24, 2.45) is 0 Å². The molecule has 0 aliphatic carbocycles. The number of hydrogen-bond donors (Lipinski definition) is 1. The maximum Gasteiger partial charge on any atom is 0.434 e. The van der Waals surface area contributed by atoms with Crippen molar-refractivity contribution in [1.82, 2.24) is 20.0 Å². The second kappa shape index (κ2) is 6.04. The number of benzene rings is 1. The number of amides is 1. The zero-order valence-electron chi connectivity index (χ0n) is 12.2. The SMILES string of the molecule is Cc1ccccc1-n1ncc(C(=O)Nc2nncs2)c1C(F)(F)F. The van der Waals surface area contributed by atoms with Crippen molar-refractivity contribution in [2.45, 2.75) is 13.1 Å². The lowest BCUT2D eigenvalue weighted by molar-refractivity contribution is -0.143. The molecular weight excluding hydrogens is 343 g/mol.